The molecule has 5 heteroatoms. The van der Waals surface area contributed by atoms with E-state index in [-0.39, 0.29) is 0 Å². The van der Waals surface area contributed by atoms with E-state index in [9.17, 15) is 0 Å². The minimum Gasteiger partial charge on any atom is -0.493 e. The molecule has 1 aliphatic heterocycles. The monoisotopic (exact) mass is 333 g/mol. The average Bonchev–Trinajstić information content (AvgIpc) is 2.47. The minimum absolute atomic E-state index is 0.291. The zero-order chi connectivity index (χ0) is 13.9. The van der Waals surface area contributed by atoms with Crippen molar-refractivity contribution in [3.8, 4) is 5.75 Å². The van der Waals surface area contributed by atoms with E-state index in [1.54, 1.807) is 6.20 Å². The zero-order valence-electron chi connectivity index (χ0n) is 11.3. The Morgan fingerprint density at radius 1 is 1.35 bits per heavy atom. The van der Waals surface area contributed by atoms with E-state index in [2.05, 4.69) is 37.3 Å². The Morgan fingerprint density at radius 3 is 3.05 bits per heavy atom. The van der Waals surface area contributed by atoms with Crippen LogP contribution in [0.5, 0.6) is 5.75 Å². The molecule has 0 radical (unpaired) electrons. The van der Waals surface area contributed by atoms with E-state index in [1.807, 2.05) is 25.3 Å². The van der Waals surface area contributed by atoms with Crippen molar-refractivity contribution < 1.29 is 4.74 Å². The molecular formula is C15H16BrN3O. The number of benzene rings is 1. The lowest BCUT2D eigenvalue weighted by molar-refractivity contribution is 0.252. The van der Waals surface area contributed by atoms with Gasteiger partial charge in [0.2, 0.25) is 0 Å². The van der Waals surface area contributed by atoms with E-state index in [4.69, 9.17) is 4.74 Å². The molecule has 0 aliphatic carbocycles. The molecule has 0 fully saturated rings. The molecule has 0 amide bonds. The van der Waals surface area contributed by atoms with Gasteiger partial charge in [0.15, 0.2) is 0 Å². The Labute approximate surface area is 126 Å². The number of fused-ring (bicyclic) bond motifs is 1. The molecule has 2 heterocycles. The third kappa shape index (κ3) is 2.99. The maximum atomic E-state index is 5.69. The van der Waals surface area contributed by atoms with Crippen LogP contribution in [0.1, 0.15) is 29.4 Å². The largest absolute Gasteiger partial charge is 0.493 e. The molecule has 3 rings (SSSR count). The number of aromatic nitrogens is 2. The Morgan fingerprint density at radius 2 is 2.25 bits per heavy atom. The Hall–Kier alpha value is -1.46. The van der Waals surface area contributed by atoms with Crippen molar-refractivity contribution in [3.05, 3.63) is 52.0 Å². The van der Waals surface area contributed by atoms with Gasteiger partial charge in [0.05, 0.1) is 18.0 Å². The summed E-state index contributed by atoms with van der Waals surface area (Å²) in [4.78, 5) is 8.64. The summed E-state index contributed by atoms with van der Waals surface area (Å²) in [6.45, 7) is 3.40. The van der Waals surface area contributed by atoms with Crippen LogP contribution in [0.2, 0.25) is 0 Å². The van der Waals surface area contributed by atoms with Gasteiger partial charge in [-0.25, -0.2) is 0 Å². The standard InChI is InChI=1S/C15H16BrN3O/c1-10-7-18-12(8-17-10)9-19-14-4-5-20-15-3-2-11(16)6-13(14)15/h2-3,6-8,14,19H,4-5,9H2,1H3. The highest BCUT2D eigenvalue weighted by molar-refractivity contribution is 9.10. The highest BCUT2D eigenvalue weighted by Gasteiger charge is 2.21. The van der Waals surface area contributed by atoms with Crippen LogP contribution >= 0.6 is 15.9 Å². The van der Waals surface area contributed by atoms with Gasteiger partial charge in [-0.2, -0.15) is 0 Å². The Bertz CT molecular complexity index is 601. The molecule has 2 aromatic rings. The number of hydrogen-bond acceptors (Lipinski definition) is 4. The summed E-state index contributed by atoms with van der Waals surface area (Å²) in [6.07, 6.45) is 4.58. The first-order valence-corrected chi connectivity index (χ1v) is 7.45. The number of nitrogens with zero attached hydrogens (tertiary/aromatic N) is 2. The number of aryl methyl sites for hydroxylation is 1. The van der Waals surface area contributed by atoms with Crippen molar-refractivity contribution >= 4 is 15.9 Å². The number of nitrogens with one attached hydrogen (secondary N) is 1. The third-order valence-corrected chi connectivity index (χ3v) is 3.87. The smallest absolute Gasteiger partial charge is 0.124 e. The van der Waals surface area contributed by atoms with Crippen LogP contribution in [0.25, 0.3) is 0 Å². The van der Waals surface area contributed by atoms with E-state index < -0.39 is 0 Å². The Kier molecular flexibility index (Phi) is 3.98. The summed E-state index contributed by atoms with van der Waals surface area (Å²) in [5.74, 6) is 0.965. The van der Waals surface area contributed by atoms with Crippen molar-refractivity contribution in [3.63, 3.8) is 0 Å². The fraction of sp³-hybridized carbons (Fsp3) is 0.333. The molecule has 1 atom stereocenters. The predicted octanol–water partition coefficient (Wildman–Crippen LogP) is 3.16. The quantitative estimate of drug-likeness (QED) is 0.937. The Balaban J connectivity index is 1.73. The van der Waals surface area contributed by atoms with Crippen molar-refractivity contribution in [1.29, 1.82) is 0 Å². The third-order valence-electron chi connectivity index (χ3n) is 3.38. The molecule has 0 bridgehead atoms. The van der Waals surface area contributed by atoms with Gasteiger partial charge in [-0.05, 0) is 25.1 Å². The van der Waals surface area contributed by atoms with E-state index >= 15 is 0 Å². The lowest BCUT2D eigenvalue weighted by Gasteiger charge is -2.27. The van der Waals surface area contributed by atoms with Gasteiger partial charge in [-0.1, -0.05) is 15.9 Å². The lowest BCUT2D eigenvalue weighted by Crippen LogP contribution is -2.27. The van der Waals surface area contributed by atoms with Crippen LogP contribution < -0.4 is 10.1 Å². The zero-order valence-corrected chi connectivity index (χ0v) is 12.9. The van der Waals surface area contributed by atoms with Crippen LogP contribution in [-0.2, 0) is 6.54 Å². The summed E-state index contributed by atoms with van der Waals surface area (Å²) < 4.78 is 6.76. The first-order valence-electron chi connectivity index (χ1n) is 6.65. The fourth-order valence-electron chi connectivity index (χ4n) is 2.32. The lowest BCUT2D eigenvalue weighted by atomic mass is 10.0. The molecule has 1 unspecified atom stereocenters. The average molecular weight is 334 g/mol. The highest BCUT2D eigenvalue weighted by Crippen LogP contribution is 2.34. The van der Waals surface area contributed by atoms with Crippen LogP contribution in [0.15, 0.2) is 35.1 Å². The SMILES string of the molecule is Cc1cnc(CNC2CCOc3ccc(Br)cc32)cn1. The van der Waals surface area contributed by atoms with E-state index in [0.29, 0.717) is 12.6 Å². The van der Waals surface area contributed by atoms with Gasteiger partial charge in [-0.15, -0.1) is 0 Å². The predicted molar refractivity (Wildman–Crippen MR) is 80.6 cm³/mol. The molecule has 20 heavy (non-hydrogen) atoms. The number of halogens is 1. The highest BCUT2D eigenvalue weighted by atomic mass is 79.9. The molecule has 0 saturated carbocycles. The molecule has 4 nitrogen and oxygen atoms in total. The van der Waals surface area contributed by atoms with Crippen LogP contribution in [-0.4, -0.2) is 16.6 Å². The fourth-order valence-corrected chi connectivity index (χ4v) is 2.69. The van der Waals surface area contributed by atoms with Crippen molar-refractivity contribution in [1.82, 2.24) is 15.3 Å². The second kappa shape index (κ2) is 5.89. The van der Waals surface area contributed by atoms with Gasteiger partial charge < -0.3 is 10.1 Å². The first kappa shape index (κ1) is 13.5. The normalized spacial score (nSPS) is 17.4. The van der Waals surface area contributed by atoms with Crippen molar-refractivity contribution in [2.45, 2.75) is 25.9 Å². The number of ether oxygens (including phenoxy) is 1. The van der Waals surface area contributed by atoms with Crippen molar-refractivity contribution in [2.24, 2.45) is 0 Å². The van der Waals surface area contributed by atoms with E-state index in [1.165, 1.54) is 5.56 Å². The van der Waals surface area contributed by atoms with Crippen LogP contribution in [0.3, 0.4) is 0 Å². The minimum atomic E-state index is 0.291. The molecule has 1 aromatic heterocycles. The maximum absolute atomic E-state index is 5.69. The molecule has 1 aliphatic rings. The van der Waals surface area contributed by atoms with Crippen LogP contribution in [0, 0.1) is 6.92 Å². The summed E-state index contributed by atoms with van der Waals surface area (Å²) in [5.41, 5.74) is 3.10. The van der Waals surface area contributed by atoms with Crippen LogP contribution in [0.4, 0.5) is 0 Å². The molecule has 1 N–H and O–H groups in total. The van der Waals surface area contributed by atoms with Gasteiger partial charge in [-0.3, -0.25) is 9.97 Å². The first-order chi connectivity index (χ1) is 9.72. The van der Waals surface area contributed by atoms with Gasteiger partial charge in [0, 0.05) is 41.4 Å². The summed E-state index contributed by atoms with van der Waals surface area (Å²) in [5, 5.41) is 3.54. The van der Waals surface area contributed by atoms with Gasteiger partial charge in [0.25, 0.3) is 0 Å². The summed E-state index contributed by atoms with van der Waals surface area (Å²) >= 11 is 3.52. The number of hydrogen-bond donors (Lipinski definition) is 1. The summed E-state index contributed by atoms with van der Waals surface area (Å²) in [6, 6.07) is 6.43. The van der Waals surface area contributed by atoms with Gasteiger partial charge in [0.1, 0.15) is 5.75 Å². The van der Waals surface area contributed by atoms with E-state index in [0.717, 1.165) is 34.6 Å². The van der Waals surface area contributed by atoms with Gasteiger partial charge >= 0.3 is 0 Å². The molecule has 0 spiro atoms. The number of rotatable bonds is 3. The van der Waals surface area contributed by atoms with Crippen molar-refractivity contribution in [2.75, 3.05) is 6.61 Å². The molecular weight excluding hydrogens is 318 g/mol. The molecule has 0 saturated heterocycles. The second-order valence-corrected chi connectivity index (χ2v) is 5.82. The molecule has 104 valence electrons. The maximum Gasteiger partial charge on any atom is 0.124 e. The second-order valence-electron chi connectivity index (χ2n) is 4.90. The summed E-state index contributed by atoms with van der Waals surface area (Å²) in [7, 11) is 0. The molecule has 1 aromatic carbocycles. The topological polar surface area (TPSA) is 47.0 Å².